The zero-order valence-corrected chi connectivity index (χ0v) is 13.9. The number of ether oxygens (including phenoxy) is 3. The van der Waals surface area contributed by atoms with Gasteiger partial charge in [-0.1, -0.05) is 0 Å². The van der Waals surface area contributed by atoms with Crippen LogP contribution < -0.4 is 14.2 Å². The molecule has 1 aliphatic rings. The molecule has 2 aromatic carbocycles. The van der Waals surface area contributed by atoms with E-state index in [1.54, 1.807) is 31.4 Å². The smallest absolute Gasteiger partial charge is 0.175 e. The lowest BCUT2D eigenvalue weighted by Crippen LogP contribution is -2.15. The third-order valence-corrected chi connectivity index (χ3v) is 4.66. The molecule has 0 aromatic heterocycles. The number of hydrogen-bond acceptors (Lipinski definition) is 5. The van der Waals surface area contributed by atoms with Crippen LogP contribution in [-0.2, 0) is 0 Å². The summed E-state index contributed by atoms with van der Waals surface area (Å²) in [4.78, 5) is 13.5. The fourth-order valence-electron chi connectivity index (χ4n) is 2.34. The number of carbonyl (C=O) groups is 1. The van der Waals surface area contributed by atoms with Crippen LogP contribution in [0.1, 0.15) is 17.3 Å². The first-order chi connectivity index (χ1) is 11.2. The predicted molar refractivity (Wildman–Crippen MR) is 90.1 cm³/mol. The molecule has 120 valence electrons. The summed E-state index contributed by atoms with van der Waals surface area (Å²) in [6.45, 7) is 3.04. The van der Waals surface area contributed by atoms with E-state index in [-0.39, 0.29) is 11.0 Å². The van der Waals surface area contributed by atoms with Gasteiger partial charge in [0.05, 0.1) is 12.4 Å². The second-order valence-electron chi connectivity index (χ2n) is 5.16. The Hall–Kier alpha value is -2.14. The maximum atomic E-state index is 12.5. The largest absolute Gasteiger partial charge is 0.497 e. The van der Waals surface area contributed by atoms with E-state index < -0.39 is 0 Å². The number of methoxy groups -OCH3 is 1. The Bertz CT molecular complexity index is 697. The number of ketones is 1. The summed E-state index contributed by atoms with van der Waals surface area (Å²) in [5.74, 6) is 2.33. The quantitative estimate of drug-likeness (QED) is 0.616. The van der Waals surface area contributed by atoms with Gasteiger partial charge in [-0.3, -0.25) is 4.79 Å². The number of Topliss-reactive ketones (excluding diaryl/α,β-unsaturated/α-hetero) is 1. The number of thioether (sulfide) groups is 1. The van der Waals surface area contributed by atoms with Crippen LogP contribution in [0, 0.1) is 0 Å². The molecule has 1 atom stereocenters. The Balaban J connectivity index is 1.70. The van der Waals surface area contributed by atoms with E-state index in [1.807, 2.05) is 25.1 Å². The highest BCUT2D eigenvalue weighted by molar-refractivity contribution is 8.00. The van der Waals surface area contributed by atoms with Gasteiger partial charge in [-0.2, -0.15) is 0 Å². The van der Waals surface area contributed by atoms with Gasteiger partial charge in [0.1, 0.15) is 19.0 Å². The van der Waals surface area contributed by atoms with E-state index in [4.69, 9.17) is 14.2 Å². The predicted octanol–water partition coefficient (Wildman–Crippen LogP) is 3.83. The van der Waals surface area contributed by atoms with Crippen molar-refractivity contribution in [2.24, 2.45) is 0 Å². The van der Waals surface area contributed by atoms with E-state index in [0.29, 0.717) is 18.8 Å². The van der Waals surface area contributed by atoms with Crippen molar-refractivity contribution in [2.75, 3.05) is 20.3 Å². The third-order valence-electron chi connectivity index (χ3n) is 3.57. The molecule has 1 heterocycles. The average molecular weight is 330 g/mol. The molecular weight excluding hydrogens is 312 g/mol. The number of rotatable bonds is 5. The molecule has 1 aliphatic heterocycles. The minimum Gasteiger partial charge on any atom is -0.497 e. The maximum Gasteiger partial charge on any atom is 0.175 e. The molecular formula is C18H18O4S. The van der Waals surface area contributed by atoms with Gasteiger partial charge in [0.25, 0.3) is 0 Å². The van der Waals surface area contributed by atoms with Crippen LogP contribution >= 0.6 is 11.8 Å². The van der Waals surface area contributed by atoms with Gasteiger partial charge in [0.15, 0.2) is 17.3 Å². The number of hydrogen-bond donors (Lipinski definition) is 0. The first-order valence-electron chi connectivity index (χ1n) is 7.42. The number of benzene rings is 2. The second-order valence-corrected chi connectivity index (χ2v) is 6.57. The fraction of sp³-hybridized carbons (Fsp3) is 0.278. The average Bonchev–Trinajstić information content (AvgIpc) is 2.61. The lowest BCUT2D eigenvalue weighted by molar-refractivity contribution is 0.0994. The Morgan fingerprint density at radius 3 is 2.48 bits per heavy atom. The van der Waals surface area contributed by atoms with Gasteiger partial charge in [-0.25, -0.2) is 0 Å². The van der Waals surface area contributed by atoms with Gasteiger partial charge >= 0.3 is 0 Å². The molecule has 0 aliphatic carbocycles. The standard InChI is InChI=1S/C18H18O4S/c1-12(18(19)13-3-5-14(20-2)6-4-13)23-15-7-8-16-17(11-15)22-10-9-21-16/h3-8,11-12H,9-10H2,1-2H3. The highest BCUT2D eigenvalue weighted by Crippen LogP contribution is 2.36. The van der Waals surface area contributed by atoms with Crippen LogP contribution in [0.4, 0.5) is 0 Å². The van der Waals surface area contributed by atoms with Crippen molar-refractivity contribution >= 4 is 17.5 Å². The molecule has 23 heavy (non-hydrogen) atoms. The molecule has 0 saturated carbocycles. The van der Waals surface area contributed by atoms with Crippen LogP contribution in [0.2, 0.25) is 0 Å². The molecule has 0 bridgehead atoms. The van der Waals surface area contributed by atoms with Crippen molar-refractivity contribution in [3.63, 3.8) is 0 Å². The summed E-state index contributed by atoms with van der Waals surface area (Å²) < 4.78 is 16.2. The van der Waals surface area contributed by atoms with Crippen molar-refractivity contribution < 1.29 is 19.0 Å². The monoisotopic (exact) mass is 330 g/mol. The Morgan fingerprint density at radius 2 is 1.78 bits per heavy atom. The maximum absolute atomic E-state index is 12.5. The second kappa shape index (κ2) is 6.96. The lowest BCUT2D eigenvalue weighted by atomic mass is 10.1. The zero-order valence-electron chi connectivity index (χ0n) is 13.1. The van der Waals surface area contributed by atoms with E-state index >= 15 is 0 Å². The normalized spacial score (nSPS) is 14.2. The molecule has 0 amide bonds. The molecule has 5 heteroatoms. The van der Waals surface area contributed by atoms with E-state index in [9.17, 15) is 4.79 Å². The minimum absolute atomic E-state index is 0.0903. The van der Waals surface area contributed by atoms with Crippen molar-refractivity contribution in [1.82, 2.24) is 0 Å². The highest BCUT2D eigenvalue weighted by Gasteiger charge is 2.18. The van der Waals surface area contributed by atoms with Crippen molar-refractivity contribution in [3.8, 4) is 17.2 Å². The summed E-state index contributed by atoms with van der Waals surface area (Å²) in [5.41, 5.74) is 0.684. The summed E-state index contributed by atoms with van der Waals surface area (Å²) in [6, 6.07) is 13.0. The van der Waals surface area contributed by atoms with Gasteiger partial charge in [0, 0.05) is 10.5 Å². The molecule has 3 rings (SSSR count). The SMILES string of the molecule is COc1ccc(C(=O)C(C)Sc2ccc3c(c2)OCCO3)cc1. The van der Waals surface area contributed by atoms with Crippen LogP contribution in [0.15, 0.2) is 47.4 Å². The van der Waals surface area contributed by atoms with Gasteiger partial charge in [-0.15, -0.1) is 11.8 Å². The molecule has 0 fully saturated rings. The Labute approximate surface area is 139 Å². The minimum atomic E-state index is -0.189. The number of carbonyl (C=O) groups excluding carboxylic acids is 1. The van der Waals surface area contributed by atoms with Gasteiger partial charge < -0.3 is 14.2 Å². The summed E-state index contributed by atoms with van der Waals surface area (Å²) in [7, 11) is 1.61. The molecule has 0 N–H and O–H groups in total. The molecule has 2 aromatic rings. The molecule has 0 spiro atoms. The first kappa shape index (κ1) is 15.7. The van der Waals surface area contributed by atoms with Crippen LogP contribution in [0.25, 0.3) is 0 Å². The molecule has 1 unspecified atom stereocenters. The fourth-order valence-corrected chi connectivity index (χ4v) is 3.32. The third kappa shape index (κ3) is 3.62. The zero-order chi connectivity index (χ0) is 16.2. The van der Waals surface area contributed by atoms with Crippen molar-refractivity contribution in [1.29, 1.82) is 0 Å². The topological polar surface area (TPSA) is 44.8 Å². The van der Waals surface area contributed by atoms with Crippen LogP contribution in [-0.4, -0.2) is 31.4 Å². The van der Waals surface area contributed by atoms with Crippen LogP contribution in [0.5, 0.6) is 17.2 Å². The first-order valence-corrected chi connectivity index (χ1v) is 8.30. The van der Waals surface area contributed by atoms with E-state index in [1.165, 1.54) is 11.8 Å². The summed E-state index contributed by atoms with van der Waals surface area (Å²) in [5, 5.41) is -0.189. The van der Waals surface area contributed by atoms with Crippen molar-refractivity contribution in [2.45, 2.75) is 17.1 Å². The Morgan fingerprint density at radius 1 is 1.09 bits per heavy atom. The molecule has 0 saturated heterocycles. The van der Waals surface area contributed by atoms with E-state index in [0.717, 1.165) is 22.1 Å². The van der Waals surface area contributed by atoms with Gasteiger partial charge in [-0.05, 0) is 49.4 Å². The van der Waals surface area contributed by atoms with Crippen molar-refractivity contribution in [3.05, 3.63) is 48.0 Å². The highest BCUT2D eigenvalue weighted by atomic mass is 32.2. The summed E-state index contributed by atoms with van der Waals surface area (Å²) in [6.07, 6.45) is 0. The Kier molecular flexibility index (Phi) is 4.76. The van der Waals surface area contributed by atoms with E-state index in [2.05, 4.69) is 0 Å². The number of fused-ring (bicyclic) bond motifs is 1. The molecule has 4 nitrogen and oxygen atoms in total. The van der Waals surface area contributed by atoms with Gasteiger partial charge in [0.2, 0.25) is 0 Å². The molecule has 0 radical (unpaired) electrons. The lowest BCUT2D eigenvalue weighted by Gasteiger charge is -2.19. The van der Waals surface area contributed by atoms with Crippen LogP contribution in [0.3, 0.4) is 0 Å². The summed E-state index contributed by atoms with van der Waals surface area (Å²) >= 11 is 1.51.